The lowest BCUT2D eigenvalue weighted by molar-refractivity contribution is -0.113. The highest BCUT2D eigenvalue weighted by molar-refractivity contribution is 7.99. The van der Waals surface area contributed by atoms with Crippen LogP contribution in [0.4, 0.5) is 11.4 Å². The summed E-state index contributed by atoms with van der Waals surface area (Å²) in [5.74, 6) is 0.860. The Labute approximate surface area is 196 Å². The number of nitrogens with one attached hydrogen (secondary N) is 2. The van der Waals surface area contributed by atoms with E-state index in [2.05, 4.69) is 20.8 Å². The topological polar surface area (TPSA) is 71.8 Å². The number of hydrogen-bond donors (Lipinski definition) is 2. The van der Waals surface area contributed by atoms with Gasteiger partial charge in [-0.05, 0) is 49.4 Å². The molecule has 32 heavy (non-hydrogen) atoms. The van der Waals surface area contributed by atoms with Crippen LogP contribution in [0.2, 0.25) is 5.02 Å². The van der Waals surface area contributed by atoms with E-state index in [4.69, 9.17) is 11.6 Å². The average molecular weight is 464 g/mol. The molecule has 0 aliphatic heterocycles. The molecule has 1 heterocycles. The first-order valence-electron chi connectivity index (χ1n) is 10.1. The second-order valence-corrected chi connectivity index (χ2v) is 8.52. The summed E-state index contributed by atoms with van der Waals surface area (Å²) in [5.41, 5.74) is 3.75. The van der Waals surface area contributed by atoms with Gasteiger partial charge in [-0.3, -0.25) is 9.36 Å². The fourth-order valence-electron chi connectivity index (χ4n) is 3.09. The zero-order chi connectivity index (χ0) is 22.3. The van der Waals surface area contributed by atoms with Crippen molar-refractivity contribution in [1.82, 2.24) is 14.8 Å². The minimum Gasteiger partial charge on any atom is -0.378 e. The molecule has 0 saturated heterocycles. The number of thioether (sulfide) groups is 1. The Morgan fingerprint density at radius 3 is 2.50 bits per heavy atom. The molecule has 162 valence electrons. The predicted molar refractivity (Wildman–Crippen MR) is 131 cm³/mol. The third-order valence-electron chi connectivity index (χ3n) is 4.66. The van der Waals surface area contributed by atoms with Crippen molar-refractivity contribution in [3.05, 3.63) is 95.3 Å². The fourth-order valence-corrected chi connectivity index (χ4v) is 4.05. The number of amides is 1. The van der Waals surface area contributed by atoms with E-state index >= 15 is 0 Å². The maximum absolute atomic E-state index is 12.5. The van der Waals surface area contributed by atoms with Crippen molar-refractivity contribution >= 4 is 40.6 Å². The van der Waals surface area contributed by atoms with Gasteiger partial charge in [0.1, 0.15) is 0 Å². The van der Waals surface area contributed by atoms with Gasteiger partial charge in [0.05, 0.1) is 12.3 Å². The molecule has 1 aromatic heterocycles. The third-order valence-corrected chi connectivity index (χ3v) is 5.82. The summed E-state index contributed by atoms with van der Waals surface area (Å²) in [6.45, 7) is 2.47. The highest BCUT2D eigenvalue weighted by Crippen LogP contribution is 2.23. The van der Waals surface area contributed by atoms with Gasteiger partial charge in [-0.1, -0.05) is 65.3 Å². The number of para-hydroxylation sites is 1. The lowest BCUT2D eigenvalue weighted by Gasteiger charge is -2.11. The van der Waals surface area contributed by atoms with Gasteiger partial charge in [-0.15, -0.1) is 10.2 Å². The largest absolute Gasteiger partial charge is 0.378 e. The molecule has 0 aliphatic carbocycles. The number of rotatable bonds is 8. The van der Waals surface area contributed by atoms with E-state index in [0.717, 1.165) is 28.5 Å². The number of hydrogen-bond acceptors (Lipinski definition) is 5. The zero-order valence-corrected chi connectivity index (χ0v) is 19.0. The number of aromatic nitrogens is 3. The summed E-state index contributed by atoms with van der Waals surface area (Å²) in [4.78, 5) is 12.5. The molecule has 0 fully saturated rings. The Balaban J connectivity index is 1.48. The lowest BCUT2D eigenvalue weighted by Crippen LogP contribution is -2.15. The highest BCUT2D eigenvalue weighted by Gasteiger charge is 2.16. The number of benzene rings is 3. The van der Waals surface area contributed by atoms with Crippen LogP contribution >= 0.6 is 23.4 Å². The first-order chi connectivity index (χ1) is 15.6. The average Bonchev–Trinajstić information content (AvgIpc) is 3.21. The molecule has 0 bridgehead atoms. The first kappa shape index (κ1) is 21.9. The normalized spacial score (nSPS) is 10.7. The van der Waals surface area contributed by atoms with Gasteiger partial charge >= 0.3 is 0 Å². The molecule has 3 aromatic carbocycles. The van der Waals surface area contributed by atoms with Gasteiger partial charge in [-0.25, -0.2) is 0 Å². The van der Waals surface area contributed by atoms with Crippen LogP contribution in [0, 0.1) is 6.92 Å². The molecule has 4 rings (SSSR count). The van der Waals surface area contributed by atoms with Gasteiger partial charge in [-0.2, -0.15) is 0 Å². The molecular formula is C24H22ClN5OS. The third kappa shape index (κ3) is 5.69. The molecule has 0 saturated carbocycles. The van der Waals surface area contributed by atoms with Crippen LogP contribution in [0.1, 0.15) is 11.4 Å². The molecule has 8 heteroatoms. The van der Waals surface area contributed by atoms with Crippen LogP contribution in [-0.4, -0.2) is 26.4 Å². The first-order valence-corrected chi connectivity index (χ1v) is 11.4. The molecule has 1 amide bonds. The summed E-state index contributed by atoms with van der Waals surface area (Å²) in [6.07, 6.45) is 0. The molecule has 4 aromatic rings. The fraction of sp³-hybridized carbons (Fsp3) is 0.125. The van der Waals surface area contributed by atoms with E-state index in [0.29, 0.717) is 16.7 Å². The van der Waals surface area contributed by atoms with Crippen LogP contribution in [-0.2, 0) is 11.3 Å². The Morgan fingerprint density at radius 1 is 0.969 bits per heavy atom. The molecule has 0 unspecified atom stereocenters. The number of nitrogens with zero attached hydrogens (tertiary/aromatic N) is 3. The number of carbonyl (C=O) groups is 1. The maximum Gasteiger partial charge on any atom is 0.234 e. The van der Waals surface area contributed by atoms with E-state index in [1.807, 2.05) is 90.4 Å². The van der Waals surface area contributed by atoms with Crippen molar-refractivity contribution in [3.8, 4) is 5.69 Å². The minimum absolute atomic E-state index is 0.0972. The number of halogens is 1. The van der Waals surface area contributed by atoms with Gasteiger partial charge in [0.2, 0.25) is 5.91 Å². The number of anilines is 2. The van der Waals surface area contributed by atoms with Crippen molar-refractivity contribution < 1.29 is 4.79 Å². The van der Waals surface area contributed by atoms with Crippen LogP contribution < -0.4 is 10.6 Å². The predicted octanol–water partition coefficient (Wildman–Crippen LogP) is 5.57. The van der Waals surface area contributed by atoms with Gasteiger partial charge in [0.15, 0.2) is 11.0 Å². The SMILES string of the molecule is Cc1ccc(NC(=O)CSc2nnc(CNc3cccc(Cl)c3)n2-c2ccccc2)cc1. The highest BCUT2D eigenvalue weighted by atomic mass is 35.5. The number of carbonyl (C=O) groups excluding carboxylic acids is 1. The molecule has 0 spiro atoms. The second-order valence-electron chi connectivity index (χ2n) is 7.14. The molecule has 0 atom stereocenters. The van der Waals surface area contributed by atoms with Crippen molar-refractivity contribution in [2.24, 2.45) is 0 Å². The monoisotopic (exact) mass is 463 g/mol. The molecule has 0 aliphatic rings. The van der Waals surface area contributed by atoms with E-state index in [9.17, 15) is 4.79 Å². The second kappa shape index (κ2) is 10.3. The Kier molecular flexibility index (Phi) is 7.09. The Hall–Kier alpha value is -3.29. The standard InChI is InChI=1S/C24H22ClN5OS/c1-17-10-12-19(13-11-17)27-23(31)16-32-24-29-28-22(30(24)21-8-3-2-4-9-21)15-26-20-7-5-6-18(25)14-20/h2-14,26H,15-16H2,1H3,(H,27,31). The smallest absolute Gasteiger partial charge is 0.234 e. The zero-order valence-electron chi connectivity index (χ0n) is 17.5. The summed E-state index contributed by atoms with van der Waals surface area (Å²) in [6, 6.07) is 25.1. The maximum atomic E-state index is 12.5. The summed E-state index contributed by atoms with van der Waals surface area (Å²) < 4.78 is 1.96. The van der Waals surface area contributed by atoms with Crippen LogP contribution in [0.25, 0.3) is 5.69 Å². The van der Waals surface area contributed by atoms with Crippen LogP contribution in [0.3, 0.4) is 0 Å². The van der Waals surface area contributed by atoms with Crippen molar-refractivity contribution in [1.29, 1.82) is 0 Å². The van der Waals surface area contributed by atoms with Gasteiger partial charge < -0.3 is 10.6 Å². The van der Waals surface area contributed by atoms with Gasteiger partial charge in [0.25, 0.3) is 0 Å². The van der Waals surface area contributed by atoms with Crippen LogP contribution in [0.5, 0.6) is 0 Å². The van der Waals surface area contributed by atoms with Crippen molar-refractivity contribution in [2.45, 2.75) is 18.6 Å². The molecule has 2 N–H and O–H groups in total. The van der Waals surface area contributed by atoms with E-state index < -0.39 is 0 Å². The summed E-state index contributed by atoms with van der Waals surface area (Å²) >= 11 is 7.43. The van der Waals surface area contributed by atoms with Crippen molar-refractivity contribution in [2.75, 3.05) is 16.4 Å². The molecule has 6 nitrogen and oxygen atoms in total. The van der Waals surface area contributed by atoms with Gasteiger partial charge in [0, 0.05) is 22.1 Å². The van der Waals surface area contributed by atoms with Crippen molar-refractivity contribution in [3.63, 3.8) is 0 Å². The minimum atomic E-state index is -0.0972. The van der Waals surface area contributed by atoms with E-state index in [1.165, 1.54) is 11.8 Å². The summed E-state index contributed by atoms with van der Waals surface area (Å²) in [7, 11) is 0. The summed E-state index contributed by atoms with van der Waals surface area (Å²) in [5, 5.41) is 16.3. The number of aryl methyl sites for hydroxylation is 1. The quantitative estimate of drug-likeness (QED) is 0.334. The lowest BCUT2D eigenvalue weighted by atomic mass is 10.2. The van der Waals surface area contributed by atoms with E-state index in [-0.39, 0.29) is 11.7 Å². The Bertz CT molecular complexity index is 1190. The molecule has 0 radical (unpaired) electrons. The molecular weight excluding hydrogens is 442 g/mol. The van der Waals surface area contributed by atoms with E-state index in [1.54, 1.807) is 0 Å². The Morgan fingerprint density at radius 2 is 1.75 bits per heavy atom. The van der Waals surface area contributed by atoms with Crippen LogP contribution in [0.15, 0.2) is 84.0 Å².